The number of hydrogen-bond acceptors (Lipinski definition) is 4. The van der Waals surface area contributed by atoms with Crippen molar-refractivity contribution in [2.24, 2.45) is 0 Å². The van der Waals surface area contributed by atoms with Gasteiger partial charge in [-0.05, 0) is 80.0 Å². The summed E-state index contributed by atoms with van der Waals surface area (Å²) in [5, 5.41) is 2.65. The number of thiocarbonyl (C=S) groups is 1. The molecule has 1 N–H and O–H groups in total. The molecule has 33 heavy (non-hydrogen) atoms. The van der Waals surface area contributed by atoms with Gasteiger partial charge in [0.1, 0.15) is 11.3 Å². The highest BCUT2D eigenvalue weighted by molar-refractivity contribution is 7.80. The zero-order valence-electron chi connectivity index (χ0n) is 19.0. The third-order valence-corrected chi connectivity index (χ3v) is 6.09. The SMILES string of the molecule is CCc1ccc(-n2c(C)cc(/C=C3\C(=O)NC(=S)N(c4ccccc4OC)C3=O)c2C)cc1. The minimum absolute atomic E-state index is 0.0103. The molecule has 1 aliphatic heterocycles. The molecule has 2 aromatic carbocycles. The van der Waals surface area contributed by atoms with Gasteiger partial charge in [0.05, 0.1) is 12.8 Å². The number of carbonyl (C=O) groups excluding carboxylic acids is 2. The number of hydrogen-bond donors (Lipinski definition) is 1. The predicted octanol–water partition coefficient (Wildman–Crippen LogP) is 4.50. The topological polar surface area (TPSA) is 63.6 Å². The Hall–Kier alpha value is -3.71. The third-order valence-electron chi connectivity index (χ3n) is 5.80. The second-order valence-electron chi connectivity index (χ2n) is 7.81. The van der Waals surface area contributed by atoms with Crippen molar-refractivity contribution in [2.45, 2.75) is 27.2 Å². The standard InChI is InChI=1S/C26H25N3O3S/c1-5-18-10-12-20(13-11-18)28-16(2)14-19(17(28)3)15-21-24(30)27-26(33)29(25(21)31)22-8-6-7-9-23(22)32-4/h6-15H,5H2,1-4H3,(H,27,30,33)/b21-15+. The van der Waals surface area contributed by atoms with Crippen LogP contribution in [0.4, 0.5) is 5.69 Å². The molecule has 0 bridgehead atoms. The Labute approximate surface area is 198 Å². The maximum absolute atomic E-state index is 13.4. The fourth-order valence-electron chi connectivity index (χ4n) is 4.06. The number of benzene rings is 2. The molecule has 1 saturated heterocycles. The van der Waals surface area contributed by atoms with Crippen LogP contribution in [0.1, 0.15) is 29.4 Å². The first kappa shape index (κ1) is 22.5. The van der Waals surface area contributed by atoms with E-state index in [0.717, 1.165) is 29.1 Å². The van der Waals surface area contributed by atoms with Gasteiger partial charge in [0, 0.05) is 17.1 Å². The fraction of sp³-hybridized carbons (Fsp3) is 0.192. The van der Waals surface area contributed by atoms with Crippen LogP contribution in [0.15, 0.2) is 60.2 Å². The Bertz CT molecular complexity index is 1290. The summed E-state index contributed by atoms with van der Waals surface area (Å²) in [5.74, 6) is -0.531. The van der Waals surface area contributed by atoms with E-state index in [1.54, 1.807) is 30.3 Å². The van der Waals surface area contributed by atoms with Crippen molar-refractivity contribution in [1.82, 2.24) is 9.88 Å². The molecule has 1 aliphatic rings. The lowest BCUT2D eigenvalue weighted by molar-refractivity contribution is -0.122. The molecule has 7 heteroatoms. The maximum Gasteiger partial charge on any atom is 0.270 e. The van der Waals surface area contributed by atoms with Crippen molar-refractivity contribution >= 4 is 40.9 Å². The van der Waals surface area contributed by atoms with E-state index >= 15 is 0 Å². The number of ether oxygens (including phenoxy) is 1. The van der Waals surface area contributed by atoms with Crippen molar-refractivity contribution in [1.29, 1.82) is 0 Å². The van der Waals surface area contributed by atoms with E-state index in [1.807, 2.05) is 19.9 Å². The molecule has 0 aliphatic carbocycles. The average molecular weight is 460 g/mol. The summed E-state index contributed by atoms with van der Waals surface area (Å²) < 4.78 is 7.50. The van der Waals surface area contributed by atoms with E-state index in [-0.39, 0.29) is 10.7 Å². The minimum Gasteiger partial charge on any atom is -0.495 e. The lowest BCUT2D eigenvalue weighted by atomic mass is 10.1. The number of methoxy groups -OCH3 is 1. The van der Waals surface area contributed by atoms with Crippen LogP contribution >= 0.6 is 12.2 Å². The van der Waals surface area contributed by atoms with Gasteiger partial charge >= 0.3 is 0 Å². The maximum atomic E-state index is 13.4. The van der Waals surface area contributed by atoms with Gasteiger partial charge < -0.3 is 9.30 Å². The van der Waals surface area contributed by atoms with Gasteiger partial charge in [-0.3, -0.25) is 14.9 Å². The van der Waals surface area contributed by atoms with E-state index in [1.165, 1.54) is 17.6 Å². The molecule has 4 rings (SSSR count). The van der Waals surface area contributed by atoms with E-state index in [4.69, 9.17) is 17.0 Å². The van der Waals surface area contributed by atoms with E-state index in [2.05, 4.69) is 41.1 Å². The highest BCUT2D eigenvalue weighted by Crippen LogP contribution is 2.31. The molecule has 0 spiro atoms. The molecule has 1 aromatic heterocycles. The number of nitrogens with zero attached hydrogens (tertiary/aromatic N) is 2. The number of anilines is 1. The summed E-state index contributed by atoms with van der Waals surface area (Å²) in [6, 6.07) is 17.4. The summed E-state index contributed by atoms with van der Waals surface area (Å²) >= 11 is 5.31. The molecule has 0 unspecified atom stereocenters. The highest BCUT2D eigenvalue weighted by Gasteiger charge is 2.36. The summed E-state index contributed by atoms with van der Waals surface area (Å²) in [6.07, 6.45) is 2.60. The number of aryl methyl sites for hydroxylation is 2. The number of para-hydroxylation sites is 2. The Kier molecular flexibility index (Phi) is 6.16. The van der Waals surface area contributed by atoms with Gasteiger partial charge in [-0.25, -0.2) is 4.90 Å². The lowest BCUT2D eigenvalue weighted by Gasteiger charge is -2.29. The van der Waals surface area contributed by atoms with Crippen molar-refractivity contribution in [3.05, 3.63) is 82.7 Å². The Morgan fingerprint density at radius 3 is 2.42 bits per heavy atom. The molecule has 2 heterocycles. The van der Waals surface area contributed by atoms with E-state index in [0.29, 0.717) is 11.4 Å². The summed E-state index contributed by atoms with van der Waals surface area (Å²) in [7, 11) is 1.52. The molecule has 0 radical (unpaired) electrons. The normalized spacial score (nSPS) is 15.2. The van der Waals surface area contributed by atoms with Gasteiger partial charge in [-0.2, -0.15) is 0 Å². The quantitative estimate of drug-likeness (QED) is 0.347. The molecule has 0 atom stereocenters. The molecule has 6 nitrogen and oxygen atoms in total. The van der Waals surface area contributed by atoms with Crippen LogP contribution in [0.25, 0.3) is 11.8 Å². The zero-order valence-corrected chi connectivity index (χ0v) is 19.8. The van der Waals surface area contributed by atoms with Crippen molar-refractivity contribution < 1.29 is 14.3 Å². The zero-order chi connectivity index (χ0) is 23.7. The van der Waals surface area contributed by atoms with Gasteiger partial charge in [0.25, 0.3) is 11.8 Å². The molecule has 0 saturated carbocycles. The number of aromatic nitrogens is 1. The van der Waals surface area contributed by atoms with Crippen molar-refractivity contribution in [3.63, 3.8) is 0 Å². The van der Waals surface area contributed by atoms with Crippen LogP contribution in [-0.2, 0) is 16.0 Å². The largest absolute Gasteiger partial charge is 0.495 e. The number of amides is 2. The van der Waals surface area contributed by atoms with Gasteiger partial charge in [-0.1, -0.05) is 31.2 Å². The van der Waals surface area contributed by atoms with E-state index < -0.39 is 11.8 Å². The predicted molar refractivity (Wildman–Crippen MR) is 134 cm³/mol. The van der Waals surface area contributed by atoms with Crippen LogP contribution in [0, 0.1) is 13.8 Å². The Morgan fingerprint density at radius 1 is 1.06 bits per heavy atom. The molecule has 3 aromatic rings. The Morgan fingerprint density at radius 2 is 1.76 bits per heavy atom. The second-order valence-corrected chi connectivity index (χ2v) is 8.20. The molecule has 1 fully saturated rings. The van der Waals surface area contributed by atoms with Crippen LogP contribution in [0.2, 0.25) is 0 Å². The lowest BCUT2D eigenvalue weighted by Crippen LogP contribution is -2.54. The smallest absolute Gasteiger partial charge is 0.270 e. The molecular weight excluding hydrogens is 434 g/mol. The summed E-state index contributed by atoms with van der Waals surface area (Å²) in [5.41, 5.74) is 5.51. The minimum atomic E-state index is -0.520. The van der Waals surface area contributed by atoms with Crippen LogP contribution in [-0.4, -0.2) is 28.6 Å². The first-order valence-corrected chi connectivity index (χ1v) is 11.1. The summed E-state index contributed by atoms with van der Waals surface area (Å²) in [4.78, 5) is 27.4. The first-order chi connectivity index (χ1) is 15.8. The monoisotopic (exact) mass is 459 g/mol. The van der Waals surface area contributed by atoms with Gasteiger partial charge in [0.2, 0.25) is 0 Å². The van der Waals surface area contributed by atoms with Crippen LogP contribution in [0.3, 0.4) is 0 Å². The summed E-state index contributed by atoms with van der Waals surface area (Å²) in [6.45, 7) is 6.10. The van der Waals surface area contributed by atoms with Crippen molar-refractivity contribution in [3.8, 4) is 11.4 Å². The molecule has 168 valence electrons. The molecule has 2 amide bonds. The number of rotatable bonds is 5. The van der Waals surface area contributed by atoms with Crippen LogP contribution < -0.4 is 15.0 Å². The Balaban J connectivity index is 1.76. The van der Waals surface area contributed by atoms with E-state index in [9.17, 15) is 9.59 Å². The first-order valence-electron chi connectivity index (χ1n) is 10.7. The number of nitrogens with one attached hydrogen (secondary N) is 1. The average Bonchev–Trinajstić information content (AvgIpc) is 3.09. The van der Waals surface area contributed by atoms with Crippen molar-refractivity contribution in [2.75, 3.05) is 12.0 Å². The second kappa shape index (κ2) is 9.03. The third kappa shape index (κ3) is 4.07. The number of carbonyl (C=O) groups is 2. The molecular formula is C26H25N3O3S. The van der Waals surface area contributed by atoms with Gasteiger partial charge in [0.15, 0.2) is 5.11 Å². The fourth-order valence-corrected chi connectivity index (χ4v) is 4.33. The van der Waals surface area contributed by atoms with Crippen LogP contribution in [0.5, 0.6) is 5.75 Å². The highest BCUT2D eigenvalue weighted by atomic mass is 32.1. The van der Waals surface area contributed by atoms with Gasteiger partial charge in [-0.15, -0.1) is 0 Å².